The van der Waals surface area contributed by atoms with E-state index in [0.29, 0.717) is 48.6 Å². The molecular weight excluding hydrogens is 552 g/mol. The first-order valence-corrected chi connectivity index (χ1v) is 15.2. The molecule has 1 saturated carbocycles. The number of pyridine rings is 2. The molecule has 0 bridgehead atoms. The maximum Gasteiger partial charge on any atom is 0.306 e. The van der Waals surface area contributed by atoms with Gasteiger partial charge in [0.2, 0.25) is 0 Å². The minimum Gasteiger partial charge on any atom is -0.481 e. The summed E-state index contributed by atoms with van der Waals surface area (Å²) in [5.41, 5.74) is 2.24. The maximum absolute atomic E-state index is 13.2. The van der Waals surface area contributed by atoms with Crippen LogP contribution in [0.2, 0.25) is 5.02 Å². The van der Waals surface area contributed by atoms with Crippen LogP contribution in [-0.4, -0.2) is 41.3 Å². The number of sulfonamides is 1. The van der Waals surface area contributed by atoms with Crippen LogP contribution in [0.3, 0.4) is 0 Å². The molecule has 1 aromatic carbocycles. The van der Waals surface area contributed by atoms with E-state index in [-0.39, 0.29) is 35.0 Å². The number of carboxylic acids is 1. The zero-order valence-corrected chi connectivity index (χ0v) is 24.0. The molecule has 4 rings (SSSR count). The van der Waals surface area contributed by atoms with Crippen molar-refractivity contribution < 1.29 is 23.1 Å². The summed E-state index contributed by atoms with van der Waals surface area (Å²) in [5.74, 6) is -1.17. The van der Waals surface area contributed by atoms with Crippen LogP contribution in [0.5, 0.6) is 0 Å². The largest absolute Gasteiger partial charge is 0.481 e. The van der Waals surface area contributed by atoms with E-state index in [2.05, 4.69) is 20.0 Å². The third-order valence-corrected chi connectivity index (χ3v) is 8.87. The Bertz CT molecular complexity index is 1490. The number of Topliss-reactive ketones (excluding diaryl/α,β-unsaturated/α-hetero) is 1. The number of nitrogens with zero attached hydrogens (tertiary/aromatic N) is 2. The standard InChI is InChI=1S/C29H33ClN4O5S/c1-3-19(29(36)37)17-24(35)20-11-13-21(14-12-20)31-25-9-6-10-27(32-25)40(38,39)34-26-16-15-23(30)28(33-26)22-8-5-4-7-18(22)2/h4-10,15-16,19-21H,3,11-14,17H2,1-2H3,(H,31,32)(H,33,34)(H,36,37). The number of aliphatic carboxylic acids is 1. The van der Waals surface area contributed by atoms with Gasteiger partial charge in [-0.05, 0) is 68.9 Å². The van der Waals surface area contributed by atoms with Crippen molar-refractivity contribution in [2.45, 2.75) is 63.4 Å². The molecule has 2 heterocycles. The number of hydrogen-bond acceptors (Lipinski definition) is 7. The number of carbonyl (C=O) groups is 2. The first kappa shape index (κ1) is 29.5. The summed E-state index contributed by atoms with van der Waals surface area (Å²) in [4.78, 5) is 32.7. The number of aryl methyl sites for hydroxylation is 1. The quantitative estimate of drug-likeness (QED) is 0.251. The van der Waals surface area contributed by atoms with Crippen LogP contribution < -0.4 is 10.0 Å². The molecule has 11 heteroatoms. The summed E-state index contributed by atoms with van der Waals surface area (Å²) in [6, 6.07) is 15.4. The Balaban J connectivity index is 1.40. The molecule has 0 radical (unpaired) electrons. The third-order valence-electron chi connectivity index (χ3n) is 7.31. The Morgan fingerprint density at radius 3 is 2.40 bits per heavy atom. The highest BCUT2D eigenvalue weighted by Crippen LogP contribution is 2.31. The van der Waals surface area contributed by atoms with Gasteiger partial charge in [-0.25, -0.2) is 9.97 Å². The number of hydrogen-bond donors (Lipinski definition) is 3. The summed E-state index contributed by atoms with van der Waals surface area (Å²) >= 11 is 6.37. The smallest absolute Gasteiger partial charge is 0.306 e. The molecule has 0 spiro atoms. The lowest BCUT2D eigenvalue weighted by Crippen LogP contribution is -2.31. The molecule has 2 aromatic heterocycles. The Morgan fingerprint density at radius 1 is 1.00 bits per heavy atom. The van der Waals surface area contributed by atoms with Crippen molar-refractivity contribution >= 4 is 45.0 Å². The van der Waals surface area contributed by atoms with Crippen LogP contribution in [0.25, 0.3) is 11.3 Å². The van der Waals surface area contributed by atoms with E-state index in [1.54, 1.807) is 25.1 Å². The maximum atomic E-state index is 13.2. The van der Waals surface area contributed by atoms with Crippen molar-refractivity contribution in [3.63, 3.8) is 0 Å². The lowest BCUT2D eigenvalue weighted by molar-refractivity contribution is -0.144. The van der Waals surface area contributed by atoms with E-state index in [1.807, 2.05) is 31.2 Å². The minimum atomic E-state index is -4.04. The molecule has 0 aliphatic heterocycles. The van der Waals surface area contributed by atoms with E-state index < -0.39 is 21.9 Å². The first-order valence-electron chi connectivity index (χ1n) is 13.3. The third kappa shape index (κ3) is 7.17. The van der Waals surface area contributed by atoms with Gasteiger partial charge in [0.05, 0.1) is 16.6 Å². The predicted octanol–water partition coefficient (Wildman–Crippen LogP) is 5.95. The molecule has 1 aliphatic rings. The predicted molar refractivity (Wildman–Crippen MR) is 155 cm³/mol. The number of aromatic nitrogens is 2. The number of anilines is 2. The average Bonchev–Trinajstić information content (AvgIpc) is 2.93. The van der Waals surface area contributed by atoms with E-state index in [1.165, 1.54) is 12.1 Å². The SMILES string of the molecule is CCC(CC(=O)C1CCC(Nc2cccc(S(=O)(=O)Nc3ccc(Cl)c(-c4ccccc4C)n3)n2)CC1)C(=O)O. The van der Waals surface area contributed by atoms with E-state index in [9.17, 15) is 23.1 Å². The highest BCUT2D eigenvalue weighted by molar-refractivity contribution is 7.92. The molecule has 9 nitrogen and oxygen atoms in total. The van der Waals surface area contributed by atoms with Crippen molar-refractivity contribution in [2.24, 2.45) is 11.8 Å². The Hall–Kier alpha value is -3.50. The van der Waals surface area contributed by atoms with Gasteiger partial charge >= 0.3 is 5.97 Å². The summed E-state index contributed by atoms with van der Waals surface area (Å²) in [6.45, 7) is 3.71. The van der Waals surface area contributed by atoms with Gasteiger partial charge in [-0.2, -0.15) is 8.42 Å². The van der Waals surface area contributed by atoms with Crippen molar-refractivity contribution in [3.8, 4) is 11.3 Å². The van der Waals surface area contributed by atoms with E-state index >= 15 is 0 Å². The van der Waals surface area contributed by atoms with Gasteiger partial charge in [0.15, 0.2) is 5.03 Å². The van der Waals surface area contributed by atoms with Crippen molar-refractivity contribution in [1.82, 2.24) is 9.97 Å². The number of carboxylic acid groups (broad SMARTS) is 1. The van der Waals surface area contributed by atoms with Gasteiger partial charge < -0.3 is 10.4 Å². The molecule has 0 saturated heterocycles. The number of nitrogens with one attached hydrogen (secondary N) is 2. The zero-order chi connectivity index (χ0) is 28.9. The normalized spacial score (nSPS) is 18.1. The van der Waals surface area contributed by atoms with Crippen molar-refractivity contribution in [2.75, 3.05) is 10.0 Å². The first-order chi connectivity index (χ1) is 19.1. The molecule has 1 atom stereocenters. The Kier molecular flexibility index (Phi) is 9.42. The van der Waals surface area contributed by atoms with Gasteiger partial charge in [0, 0.05) is 23.9 Å². The van der Waals surface area contributed by atoms with E-state index in [4.69, 9.17) is 11.6 Å². The molecule has 212 valence electrons. The van der Waals surface area contributed by atoms with Crippen LogP contribution in [0.4, 0.5) is 11.6 Å². The van der Waals surface area contributed by atoms with Crippen LogP contribution in [0.1, 0.15) is 51.0 Å². The van der Waals surface area contributed by atoms with Gasteiger partial charge in [-0.1, -0.05) is 48.9 Å². The number of benzene rings is 1. The Morgan fingerprint density at radius 2 is 1.73 bits per heavy atom. The van der Waals surface area contributed by atoms with Gasteiger partial charge in [0.25, 0.3) is 10.0 Å². The molecule has 1 fully saturated rings. The molecule has 1 aliphatic carbocycles. The number of rotatable bonds is 11. The minimum absolute atomic E-state index is 0.00591. The van der Waals surface area contributed by atoms with Gasteiger partial charge in [-0.15, -0.1) is 0 Å². The molecular formula is C29H33ClN4O5S. The Labute approximate surface area is 239 Å². The molecule has 0 amide bonds. The average molecular weight is 585 g/mol. The van der Waals surface area contributed by atoms with Crippen LogP contribution in [0.15, 0.2) is 59.6 Å². The zero-order valence-electron chi connectivity index (χ0n) is 22.4. The molecule has 40 heavy (non-hydrogen) atoms. The van der Waals surface area contributed by atoms with Crippen LogP contribution in [0, 0.1) is 18.8 Å². The van der Waals surface area contributed by atoms with E-state index in [0.717, 1.165) is 11.1 Å². The molecule has 3 aromatic rings. The fourth-order valence-corrected chi connectivity index (χ4v) is 6.12. The topological polar surface area (TPSA) is 138 Å². The summed E-state index contributed by atoms with van der Waals surface area (Å²) in [5, 5.41) is 12.8. The second kappa shape index (κ2) is 12.8. The highest BCUT2D eigenvalue weighted by atomic mass is 35.5. The number of halogens is 1. The van der Waals surface area contributed by atoms with Crippen LogP contribution in [-0.2, 0) is 19.6 Å². The molecule has 1 unspecified atom stereocenters. The van der Waals surface area contributed by atoms with Crippen molar-refractivity contribution in [1.29, 1.82) is 0 Å². The highest BCUT2D eigenvalue weighted by Gasteiger charge is 2.29. The molecule has 3 N–H and O–H groups in total. The van der Waals surface area contributed by atoms with Crippen LogP contribution >= 0.6 is 11.6 Å². The lowest BCUT2D eigenvalue weighted by Gasteiger charge is -2.29. The fourth-order valence-electron chi connectivity index (χ4n) is 4.95. The van der Waals surface area contributed by atoms with Crippen molar-refractivity contribution in [3.05, 3.63) is 65.2 Å². The number of ketones is 1. The monoisotopic (exact) mass is 584 g/mol. The summed E-state index contributed by atoms with van der Waals surface area (Å²) in [7, 11) is -4.04. The second-order valence-electron chi connectivity index (χ2n) is 10.1. The van der Waals surface area contributed by atoms with Gasteiger partial charge in [-0.3, -0.25) is 14.3 Å². The number of carbonyl (C=O) groups excluding carboxylic acids is 1. The summed E-state index contributed by atoms with van der Waals surface area (Å²) in [6.07, 6.45) is 3.20. The lowest BCUT2D eigenvalue weighted by atomic mass is 9.80. The second-order valence-corrected chi connectivity index (χ2v) is 12.2. The fraction of sp³-hybridized carbons (Fsp3) is 0.379. The van der Waals surface area contributed by atoms with Gasteiger partial charge in [0.1, 0.15) is 17.4 Å². The summed E-state index contributed by atoms with van der Waals surface area (Å²) < 4.78 is 28.8.